The van der Waals surface area contributed by atoms with Gasteiger partial charge in [0.15, 0.2) is 0 Å². The Kier molecular flexibility index (Phi) is 5.21. The molecule has 0 saturated heterocycles. The number of hydrogen-bond acceptors (Lipinski definition) is 3. The van der Waals surface area contributed by atoms with Crippen LogP contribution in [0.15, 0.2) is 53.4 Å². The molecule has 0 aromatic heterocycles. The molecule has 0 bridgehead atoms. The van der Waals surface area contributed by atoms with Crippen molar-refractivity contribution in [2.75, 3.05) is 6.54 Å². The van der Waals surface area contributed by atoms with Crippen LogP contribution in [0.25, 0.3) is 0 Å². The SMILES string of the molecule is Cc1ccccc1Oc1ccc(S(=O)(=O)NCC(C)C)cc1. The Morgan fingerprint density at radius 1 is 1.05 bits per heavy atom. The van der Waals surface area contributed by atoms with E-state index in [0.717, 1.165) is 11.3 Å². The normalized spacial score (nSPS) is 11.6. The van der Waals surface area contributed by atoms with Gasteiger partial charge in [-0.1, -0.05) is 32.0 Å². The first-order valence-electron chi connectivity index (χ1n) is 7.22. The first kappa shape index (κ1) is 16.5. The lowest BCUT2D eigenvalue weighted by atomic mass is 10.2. The van der Waals surface area contributed by atoms with Crippen LogP contribution in [0, 0.1) is 12.8 Å². The Balaban J connectivity index is 2.12. The minimum absolute atomic E-state index is 0.241. The summed E-state index contributed by atoms with van der Waals surface area (Å²) in [5.74, 6) is 1.63. The third-order valence-corrected chi connectivity index (χ3v) is 4.58. The maximum Gasteiger partial charge on any atom is 0.240 e. The van der Waals surface area contributed by atoms with Crippen LogP contribution < -0.4 is 9.46 Å². The molecule has 2 aromatic carbocycles. The largest absolute Gasteiger partial charge is 0.457 e. The number of benzene rings is 2. The van der Waals surface area contributed by atoms with Crippen molar-refractivity contribution in [1.82, 2.24) is 4.72 Å². The minimum Gasteiger partial charge on any atom is -0.457 e. The Bertz CT molecular complexity index is 722. The van der Waals surface area contributed by atoms with Crippen LogP contribution in [-0.2, 0) is 10.0 Å². The number of para-hydroxylation sites is 1. The molecule has 0 radical (unpaired) electrons. The minimum atomic E-state index is -3.46. The van der Waals surface area contributed by atoms with Crippen molar-refractivity contribution < 1.29 is 13.2 Å². The zero-order chi connectivity index (χ0) is 16.2. The van der Waals surface area contributed by atoms with Crippen molar-refractivity contribution in [2.24, 2.45) is 5.92 Å². The number of sulfonamides is 1. The van der Waals surface area contributed by atoms with E-state index in [0.29, 0.717) is 12.3 Å². The van der Waals surface area contributed by atoms with E-state index in [4.69, 9.17) is 4.74 Å². The van der Waals surface area contributed by atoms with Crippen LogP contribution in [0.2, 0.25) is 0 Å². The average Bonchev–Trinajstić information content (AvgIpc) is 2.48. The first-order valence-corrected chi connectivity index (χ1v) is 8.70. The molecular weight excluding hydrogens is 298 g/mol. The summed E-state index contributed by atoms with van der Waals surface area (Å²) >= 11 is 0. The molecule has 2 rings (SSSR count). The smallest absolute Gasteiger partial charge is 0.240 e. The van der Waals surface area contributed by atoms with Gasteiger partial charge >= 0.3 is 0 Å². The van der Waals surface area contributed by atoms with Gasteiger partial charge in [0.1, 0.15) is 11.5 Å². The van der Waals surface area contributed by atoms with E-state index in [1.54, 1.807) is 24.3 Å². The fraction of sp³-hybridized carbons (Fsp3) is 0.294. The average molecular weight is 319 g/mol. The molecule has 0 spiro atoms. The molecule has 5 heteroatoms. The monoisotopic (exact) mass is 319 g/mol. The van der Waals surface area contributed by atoms with E-state index >= 15 is 0 Å². The number of ether oxygens (including phenoxy) is 1. The molecule has 1 N–H and O–H groups in total. The summed E-state index contributed by atoms with van der Waals surface area (Å²) in [4.78, 5) is 0.241. The van der Waals surface area contributed by atoms with Crippen molar-refractivity contribution >= 4 is 10.0 Å². The predicted molar refractivity (Wildman–Crippen MR) is 87.7 cm³/mol. The van der Waals surface area contributed by atoms with Crippen molar-refractivity contribution in [3.8, 4) is 11.5 Å². The van der Waals surface area contributed by atoms with Crippen LogP contribution in [0.5, 0.6) is 11.5 Å². The summed E-state index contributed by atoms with van der Waals surface area (Å²) in [5.41, 5.74) is 1.03. The van der Waals surface area contributed by atoms with Gasteiger partial charge in [-0.3, -0.25) is 0 Å². The van der Waals surface area contributed by atoms with Crippen LogP contribution in [0.4, 0.5) is 0 Å². The van der Waals surface area contributed by atoms with Crippen LogP contribution in [0.1, 0.15) is 19.4 Å². The van der Waals surface area contributed by atoms with E-state index in [1.165, 1.54) is 0 Å². The van der Waals surface area contributed by atoms with Gasteiger partial charge in [-0.15, -0.1) is 0 Å². The summed E-state index contributed by atoms with van der Waals surface area (Å²) in [6, 6.07) is 14.1. The fourth-order valence-electron chi connectivity index (χ4n) is 1.84. The van der Waals surface area contributed by atoms with Gasteiger partial charge < -0.3 is 4.74 Å². The topological polar surface area (TPSA) is 55.4 Å². The van der Waals surface area contributed by atoms with Gasteiger partial charge in [-0.2, -0.15) is 0 Å². The lowest BCUT2D eigenvalue weighted by Crippen LogP contribution is -2.27. The molecule has 118 valence electrons. The summed E-state index contributed by atoms with van der Waals surface area (Å²) < 4.78 is 32.6. The highest BCUT2D eigenvalue weighted by molar-refractivity contribution is 7.89. The molecule has 0 heterocycles. The highest BCUT2D eigenvalue weighted by atomic mass is 32.2. The Morgan fingerprint density at radius 3 is 2.27 bits per heavy atom. The zero-order valence-corrected chi connectivity index (χ0v) is 13.9. The first-order chi connectivity index (χ1) is 10.4. The third-order valence-electron chi connectivity index (χ3n) is 3.14. The Labute approximate surface area is 132 Å². The molecule has 0 atom stereocenters. The number of rotatable bonds is 6. The third kappa shape index (κ3) is 4.32. The molecule has 0 aliphatic carbocycles. The molecule has 0 unspecified atom stereocenters. The molecular formula is C17H21NO3S. The fourth-order valence-corrected chi connectivity index (χ4v) is 3.06. The summed E-state index contributed by atoms with van der Waals surface area (Å²) in [6.07, 6.45) is 0. The van der Waals surface area contributed by atoms with Crippen molar-refractivity contribution in [3.63, 3.8) is 0 Å². The number of nitrogens with one attached hydrogen (secondary N) is 1. The molecule has 22 heavy (non-hydrogen) atoms. The molecule has 0 fully saturated rings. The van der Waals surface area contributed by atoms with Crippen molar-refractivity contribution in [3.05, 3.63) is 54.1 Å². The second kappa shape index (κ2) is 6.94. The van der Waals surface area contributed by atoms with E-state index in [9.17, 15) is 8.42 Å². The second-order valence-electron chi connectivity index (χ2n) is 5.58. The van der Waals surface area contributed by atoms with Crippen molar-refractivity contribution in [2.45, 2.75) is 25.7 Å². The van der Waals surface area contributed by atoms with E-state index in [1.807, 2.05) is 45.0 Å². The van der Waals surface area contributed by atoms with Crippen molar-refractivity contribution in [1.29, 1.82) is 0 Å². The number of hydrogen-bond donors (Lipinski definition) is 1. The van der Waals surface area contributed by atoms with Gasteiger partial charge in [0, 0.05) is 6.54 Å². The van der Waals surface area contributed by atoms with Gasteiger partial charge in [0.25, 0.3) is 0 Å². The Morgan fingerprint density at radius 2 is 1.68 bits per heavy atom. The summed E-state index contributed by atoms with van der Waals surface area (Å²) in [6.45, 7) is 6.30. The lowest BCUT2D eigenvalue weighted by Gasteiger charge is -2.11. The maximum absolute atomic E-state index is 12.1. The molecule has 4 nitrogen and oxygen atoms in total. The predicted octanol–water partition coefficient (Wildman–Crippen LogP) is 3.72. The molecule has 0 aliphatic rings. The quantitative estimate of drug-likeness (QED) is 0.883. The van der Waals surface area contributed by atoms with E-state index < -0.39 is 10.0 Å². The van der Waals surface area contributed by atoms with Gasteiger partial charge in [-0.25, -0.2) is 13.1 Å². The van der Waals surface area contributed by atoms with Gasteiger partial charge in [-0.05, 0) is 48.7 Å². The lowest BCUT2D eigenvalue weighted by molar-refractivity contribution is 0.478. The number of aryl methyl sites for hydroxylation is 1. The van der Waals surface area contributed by atoms with Crippen LogP contribution in [0.3, 0.4) is 0 Å². The molecule has 0 saturated carbocycles. The zero-order valence-electron chi connectivity index (χ0n) is 13.0. The van der Waals surface area contributed by atoms with E-state index in [2.05, 4.69) is 4.72 Å². The second-order valence-corrected chi connectivity index (χ2v) is 7.35. The molecule has 2 aromatic rings. The Hall–Kier alpha value is -1.85. The molecule has 0 aliphatic heterocycles. The molecule has 0 amide bonds. The maximum atomic E-state index is 12.1. The van der Waals surface area contributed by atoms with Crippen LogP contribution >= 0.6 is 0 Å². The summed E-state index contributed by atoms with van der Waals surface area (Å²) in [5, 5.41) is 0. The highest BCUT2D eigenvalue weighted by Crippen LogP contribution is 2.25. The summed E-state index contributed by atoms with van der Waals surface area (Å²) in [7, 11) is -3.46. The van der Waals surface area contributed by atoms with Gasteiger partial charge in [0.05, 0.1) is 4.90 Å². The van der Waals surface area contributed by atoms with E-state index in [-0.39, 0.29) is 10.8 Å². The van der Waals surface area contributed by atoms with Gasteiger partial charge in [0.2, 0.25) is 10.0 Å². The standard InChI is InChI=1S/C17H21NO3S/c1-13(2)12-18-22(19,20)16-10-8-15(9-11-16)21-17-7-5-4-6-14(17)3/h4-11,13,18H,12H2,1-3H3. The highest BCUT2D eigenvalue weighted by Gasteiger charge is 2.14. The van der Waals surface area contributed by atoms with Crippen LogP contribution in [-0.4, -0.2) is 15.0 Å².